The molecule has 0 rings (SSSR count). The summed E-state index contributed by atoms with van der Waals surface area (Å²) in [5, 5.41) is 8.12. The van der Waals surface area contributed by atoms with Gasteiger partial charge in [-0.25, -0.2) is 5.48 Å². The van der Waals surface area contributed by atoms with E-state index < -0.39 is 14.2 Å². The van der Waals surface area contributed by atoms with Crippen LogP contribution in [0.4, 0.5) is 0 Å². The van der Waals surface area contributed by atoms with Gasteiger partial charge in [0.05, 0.1) is 19.6 Å². The summed E-state index contributed by atoms with van der Waals surface area (Å²) >= 11 is 0. The van der Waals surface area contributed by atoms with E-state index in [9.17, 15) is 9.36 Å². The van der Waals surface area contributed by atoms with Gasteiger partial charge < -0.3 is 9.05 Å². The van der Waals surface area contributed by atoms with Crippen LogP contribution in [0.5, 0.6) is 0 Å². The highest BCUT2D eigenvalue weighted by molar-refractivity contribution is 7.33. The number of amides is 1. The zero-order chi connectivity index (χ0) is 10.8. The van der Waals surface area contributed by atoms with Gasteiger partial charge in [-0.3, -0.25) is 14.6 Å². The highest BCUT2D eigenvalue weighted by atomic mass is 31.1. The van der Waals surface area contributed by atoms with Crippen LogP contribution in [0.2, 0.25) is 0 Å². The minimum Gasteiger partial charge on any atom is -0.311 e. The van der Waals surface area contributed by atoms with E-state index >= 15 is 0 Å². The lowest BCUT2D eigenvalue weighted by Gasteiger charge is -2.03. The van der Waals surface area contributed by atoms with E-state index in [0.717, 1.165) is 12.8 Å². The summed E-state index contributed by atoms with van der Waals surface area (Å²) in [6.45, 7) is 2.38. The Hall–Kier alpha value is -0.420. The average molecular weight is 225 g/mol. The third kappa shape index (κ3) is 8.19. The summed E-state index contributed by atoms with van der Waals surface area (Å²) in [5.41, 5.74) is 1.44. The zero-order valence-corrected chi connectivity index (χ0v) is 9.12. The highest BCUT2D eigenvalue weighted by Gasteiger charge is 2.02. The van der Waals surface area contributed by atoms with Crippen LogP contribution in [-0.2, 0) is 18.4 Å². The summed E-state index contributed by atoms with van der Waals surface area (Å²) in [7, 11) is -2.48. The lowest BCUT2D eigenvalue weighted by molar-refractivity contribution is -0.129. The van der Waals surface area contributed by atoms with Gasteiger partial charge >= 0.3 is 8.25 Å². The Morgan fingerprint density at radius 1 is 1.43 bits per heavy atom. The molecule has 0 heterocycles. The molecule has 0 aromatic carbocycles. The molecule has 1 amide bonds. The number of hydroxylamine groups is 1. The Labute approximate surface area is 83.5 Å². The summed E-state index contributed by atoms with van der Waals surface area (Å²) in [6.07, 6.45) is 1.75. The highest BCUT2D eigenvalue weighted by Crippen LogP contribution is 2.23. The minimum absolute atomic E-state index is 0.0175. The van der Waals surface area contributed by atoms with Crippen LogP contribution in [0.3, 0.4) is 0 Å². The van der Waals surface area contributed by atoms with E-state index in [2.05, 4.69) is 0 Å². The van der Waals surface area contributed by atoms with E-state index in [-0.39, 0.29) is 13.0 Å². The number of carbonyl (C=O) groups is 1. The van der Waals surface area contributed by atoms with Crippen molar-refractivity contribution < 1.29 is 23.6 Å². The molecule has 2 N–H and O–H groups in total. The minimum atomic E-state index is -2.48. The smallest absolute Gasteiger partial charge is 0.311 e. The molecule has 7 heteroatoms. The van der Waals surface area contributed by atoms with Crippen LogP contribution in [0.15, 0.2) is 0 Å². The van der Waals surface area contributed by atoms with E-state index in [0.29, 0.717) is 6.61 Å². The summed E-state index contributed by atoms with van der Waals surface area (Å²) < 4.78 is 20.5. The quantitative estimate of drug-likeness (QED) is 0.279. The summed E-state index contributed by atoms with van der Waals surface area (Å²) in [6, 6.07) is 0. The predicted molar refractivity (Wildman–Crippen MR) is 50.4 cm³/mol. The number of carbonyl (C=O) groups excluding carboxylic acids is 1. The lowest BCUT2D eigenvalue weighted by atomic mass is 10.4. The first kappa shape index (κ1) is 13.6. The Kier molecular flexibility index (Phi) is 8.87. The molecule has 0 aliphatic heterocycles. The Morgan fingerprint density at radius 2 is 2.07 bits per heavy atom. The van der Waals surface area contributed by atoms with Gasteiger partial charge in [-0.1, -0.05) is 13.3 Å². The maximum Gasteiger partial charge on any atom is 0.319 e. The van der Waals surface area contributed by atoms with Crippen LogP contribution in [0.25, 0.3) is 0 Å². The molecule has 0 saturated heterocycles. The maximum absolute atomic E-state index is 10.9. The van der Waals surface area contributed by atoms with E-state index in [4.69, 9.17) is 14.3 Å². The molecule has 1 unspecified atom stereocenters. The first-order valence-electron chi connectivity index (χ1n) is 4.43. The molecule has 6 nitrogen and oxygen atoms in total. The van der Waals surface area contributed by atoms with Crippen molar-refractivity contribution in [2.75, 3.05) is 13.2 Å². The third-order valence-corrected chi connectivity index (χ3v) is 2.27. The molecule has 84 valence electrons. The van der Waals surface area contributed by atoms with Crippen LogP contribution >= 0.6 is 8.25 Å². The molecule has 0 aliphatic carbocycles. The number of rotatable bonds is 8. The van der Waals surface area contributed by atoms with Crippen molar-refractivity contribution in [3.05, 3.63) is 0 Å². The summed E-state index contributed by atoms with van der Waals surface area (Å²) in [4.78, 5) is 10.5. The van der Waals surface area contributed by atoms with Gasteiger partial charge in [0.25, 0.3) is 0 Å². The molecule has 0 spiro atoms. The number of hydrogen-bond acceptors (Lipinski definition) is 5. The Bertz CT molecular complexity index is 187. The maximum atomic E-state index is 10.9. The first-order valence-corrected chi connectivity index (χ1v) is 5.65. The lowest BCUT2D eigenvalue weighted by Crippen LogP contribution is -2.19. The van der Waals surface area contributed by atoms with Crippen LogP contribution in [0, 0.1) is 0 Å². The molecule has 0 saturated carbocycles. The van der Waals surface area contributed by atoms with Crippen LogP contribution in [-0.4, -0.2) is 24.3 Å². The SMILES string of the molecule is CCCCO[PH](=O)OCCC(=O)NO. The summed E-state index contributed by atoms with van der Waals surface area (Å²) in [5.74, 6) is -0.576. The fourth-order valence-electron chi connectivity index (χ4n) is 0.624. The first-order chi connectivity index (χ1) is 6.70. The van der Waals surface area contributed by atoms with Crippen molar-refractivity contribution in [1.82, 2.24) is 5.48 Å². The number of unbranched alkanes of at least 4 members (excludes halogenated alkanes) is 1. The Morgan fingerprint density at radius 3 is 2.64 bits per heavy atom. The standard InChI is InChI=1S/C7H16NO5P/c1-2-3-5-12-14(11)13-6-4-7(9)8-10/h10,14H,2-6H2,1H3,(H,8,9). The van der Waals surface area contributed by atoms with Gasteiger partial charge in [0.15, 0.2) is 0 Å². The van der Waals surface area contributed by atoms with Crippen LogP contribution in [0.1, 0.15) is 26.2 Å². The van der Waals surface area contributed by atoms with Gasteiger partial charge in [-0.05, 0) is 6.42 Å². The Balaban J connectivity index is 3.31. The number of nitrogens with one attached hydrogen (secondary N) is 1. The second-order valence-electron chi connectivity index (χ2n) is 2.59. The molecule has 0 fully saturated rings. The fraction of sp³-hybridized carbons (Fsp3) is 0.857. The molecule has 0 aromatic heterocycles. The number of hydrogen-bond donors (Lipinski definition) is 2. The van der Waals surface area contributed by atoms with Crippen molar-refractivity contribution in [2.24, 2.45) is 0 Å². The zero-order valence-electron chi connectivity index (χ0n) is 8.12. The molecule has 14 heavy (non-hydrogen) atoms. The van der Waals surface area contributed by atoms with Gasteiger partial charge in [0.1, 0.15) is 0 Å². The molecule has 0 aliphatic rings. The van der Waals surface area contributed by atoms with Gasteiger partial charge in [-0.2, -0.15) is 0 Å². The fourth-order valence-corrected chi connectivity index (χ4v) is 1.29. The average Bonchev–Trinajstić information content (AvgIpc) is 2.18. The van der Waals surface area contributed by atoms with E-state index in [1.165, 1.54) is 5.48 Å². The molecule has 0 aromatic rings. The van der Waals surface area contributed by atoms with E-state index in [1.807, 2.05) is 6.92 Å². The van der Waals surface area contributed by atoms with Crippen molar-refractivity contribution in [2.45, 2.75) is 26.2 Å². The normalized spacial score (nSPS) is 12.4. The molecule has 0 bridgehead atoms. The monoisotopic (exact) mass is 225 g/mol. The van der Waals surface area contributed by atoms with Gasteiger partial charge in [-0.15, -0.1) is 0 Å². The van der Waals surface area contributed by atoms with E-state index in [1.54, 1.807) is 0 Å². The molecular formula is C7H16NO5P. The molecular weight excluding hydrogens is 209 g/mol. The second kappa shape index (κ2) is 9.15. The predicted octanol–water partition coefficient (Wildman–Crippen LogP) is 1.10. The van der Waals surface area contributed by atoms with Crippen molar-refractivity contribution in [1.29, 1.82) is 0 Å². The second-order valence-corrected chi connectivity index (χ2v) is 3.66. The topological polar surface area (TPSA) is 84.9 Å². The molecule has 1 atom stereocenters. The molecule has 0 radical (unpaired) electrons. The van der Waals surface area contributed by atoms with Crippen molar-refractivity contribution in [3.8, 4) is 0 Å². The largest absolute Gasteiger partial charge is 0.319 e. The third-order valence-electron chi connectivity index (χ3n) is 1.39. The van der Waals surface area contributed by atoms with Crippen LogP contribution < -0.4 is 5.48 Å². The van der Waals surface area contributed by atoms with Crippen molar-refractivity contribution >= 4 is 14.2 Å². The van der Waals surface area contributed by atoms with Gasteiger partial charge in [0, 0.05) is 0 Å². The van der Waals surface area contributed by atoms with Gasteiger partial charge in [0.2, 0.25) is 5.91 Å². The van der Waals surface area contributed by atoms with Crippen molar-refractivity contribution in [3.63, 3.8) is 0 Å².